The first-order valence-corrected chi connectivity index (χ1v) is 6.89. The van der Waals surface area contributed by atoms with Crippen molar-refractivity contribution in [1.29, 1.82) is 0 Å². The van der Waals surface area contributed by atoms with Crippen LogP contribution in [0, 0.1) is 12.3 Å². The van der Waals surface area contributed by atoms with Gasteiger partial charge < -0.3 is 5.73 Å². The summed E-state index contributed by atoms with van der Waals surface area (Å²) in [5.74, 6) is 1.25. The molecule has 0 unspecified atom stereocenters. The van der Waals surface area contributed by atoms with Crippen LogP contribution in [0.2, 0.25) is 0 Å². The molecule has 0 aromatic carbocycles. The minimum absolute atomic E-state index is 0.149. The maximum absolute atomic E-state index is 6.10. The number of rotatable bonds is 2. The number of aromatic nitrogens is 4. The Kier molecular flexibility index (Phi) is 3.62. The van der Waals surface area contributed by atoms with Crippen LogP contribution in [0.25, 0.3) is 5.82 Å². The van der Waals surface area contributed by atoms with Crippen molar-refractivity contribution in [3.8, 4) is 5.82 Å². The van der Waals surface area contributed by atoms with Crippen molar-refractivity contribution in [3.63, 3.8) is 0 Å². The van der Waals surface area contributed by atoms with E-state index >= 15 is 0 Å². The summed E-state index contributed by atoms with van der Waals surface area (Å²) in [6.07, 6.45) is 2.36. The summed E-state index contributed by atoms with van der Waals surface area (Å²) < 4.78 is 2.50. The largest absolute Gasteiger partial charge is 0.383 e. The molecule has 0 bridgehead atoms. The van der Waals surface area contributed by atoms with Gasteiger partial charge in [0.25, 0.3) is 0 Å². The number of nitrogens with zero attached hydrogens (tertiary/aromatic N) is 4. The molecule has 2 heterocycles. The monoisotopic (exact) mass is 323 g/mol. The quantitative estimate of drug-likeness (QED) is 0.922. The number of hydrogen-bond donors (Lipinski definition) is 1. The van der Waals surface area contributed by atoms with Crippen LogP contribution in [0.1, 0.15) is 32.2 Å². The van der Waals surface area contributed by atoms with E-state index in [0.29, 0.717) is 11.6 Å². The van der Waals surface area contributed by atoms with Gasteiger partial charge in [0.1, 0.15) is 12.1 Å². The maximum Gasteiger partial charge on any atom is 0.159 e. The van der Waals surface area contributed by atoms with E-state index < -0.39 is 0 Å². The molecule has 5 nitrogen and oxygen atoms in total. The molecule has 0 amide bonds. The van der Waals surface area contributed by atoms with E-state index in [1.165, 1.54) is 6.33 Å². The van der Waals surface area contributed by atoms with Gasteiger partial charge in [-0.15, -0.1) is 0 Å². The first-order valence-electron chi connectivity index (χ1n) is 6.10. The summed E-state index contributed by atoms with van der Waals surface area (Å²) in [7, 11) is 0. The molecule has 2 aromatic rings. The van der Waals surface area contributed by atoms with E-state index in [2.05, 4.69) is 51.8 Å². The lowest BCUT2D eigenvalue weighted by Crippen LogP contribution is -2.10. The number of anilines is 1. The van der Waals surface area contributed by atoms with Gasteiger partial charge in [0.05, 0.1) is 10.2 Å². The second-order valence-electron chi connectivity index (χ2n) is 5.81. The number of aryl methyl sites for hydroxylation is 1. The standard InChI is InChI=1S/C13H18BrN5/c1-8-5-10(17-7-16-8)19-12(15)11(14)9(18-19)6-13(2,3)4/h5,7H,6,15H2,1-4H3. The van der Waals surface area contributed by atoms with Gasteiger partial charge in [0.15, 0.2) is 5.82 Å². The fraction of sp³-hybridized carbons (Fsp3) is 0.462. The lowest BCUT2D eigenvalue weighted by atomic mass is 9.91. The Morgan fingerprint density at radius 2 is 2.00 bits per heavy atom. The Hall–Kier alpha value is -1.43. The molecule has 0 aliphatic carbocycles. The lowest BCUT2D eigenvalue weighted by Gasteiger charge is -2.16. The molecule has 0 aliphatic rings. The molecule has 2 aromatic heterocycles. The van der Waals surface area contributed by atoms with Crippen LogP contribution in [0.4, 0.5) is 5.82 Å². The number of nitrogens with two attached hydrogens (primary N) is 1. The van der Waals surface area contributed by atoms with Crippen LogP contribution in [-0.2, 0) is 6.42 Å². The second kappa shape index (κ2) is 4.92. The first-order chi connectivity index (χ1) is 8.78. The molecule has 0 saturated heterocycles. The van der Waals surface area contributed by atoms with E-state index in [0.717, 1.165) is 22.3 Å². The highest BCUT2D eigenvalue weighted by molar-refractivity contribution is 9.10. The zero-order valence-electron chi connectivity index (χ0n) is 11.6. The molecule has 0 radical (unpaired) electrons. The zero-order chi connectivity index (χ0) is 14.2. The van der Waals surface area contributed by atoms with Gasteiger partial charge in [-0.3, -0.25) is 0 Å². The number of halogens is 1. The third-order valence-electron chi connectivity index (χ3n) is 2.63. The molecule has 19 heavy (non-hydrogen) atoms. The Labute approximate surface area is 121 Å². The van der Waals surface area contributed by atoms with Crippen LogP contribution in [0.15, 0.2) is 16.9 Å². The van der Waals surface area contributed by atoms with Gasteiger partial charge in [-0.2, -0.15) is 9.78 Å². The van der Waals surface area contributed by atoms with Crippen molar-refractivity contribution in [2.45, 2.75) is 34.1 Å². The average Bonchev–Trinajstić information content (AvgIpc) is 2.55. The topological polar surface area (TPSA) is 69.6 Å². The molecule has 2 N–H and O–H groups in total. The predicted octanol–water partition coefficient (Wildman–Crippen LogP) is 2.90. The van der Waals surface area contributed by atoms with E-state index in [1.54, 1.807) is 4.68 Å². The molecule has 0 aliphatic heterocycles. The SMILES string of the molecule is Cc1cc(-n2nc(CC(C)(C)C)c(Br)c2N)ncn1. The van der Waals surface area contributed by atoms with E-state index in [-0.39, 0.29) is 5.41 Å². The van der Waals surface area contributed by atoms with E-state index in [4.69, 9.17) is 5.73 Å². The molecule has 0 saturated carbocycles. The smallest absolute Gasteiger partial charge is 0.159 e. The van der Waals surface area contributed by atoms with Gasteiger partial charge in [-0.25, -0.2) is 9.97 Å². The van der Waals surface area contributed by atoms with Crippen molar-refractivity contribution in [3.05, 3.63) is 28.3 Å². The van der Waals surface area contributed by atoms with E-state index in [9.17, 15) is 0 Å². The van der Waals surface area contributed by atoms with Gasteiger partial charge in [0, 0.05) is 11.8 Å². The van der Waals surface area contributed by atoms with Crippen molar-refractivity contribution in [2.75, 3.05) is 5.73 Å². The highest BCUT2D eigenvalue weighted by atomic mass is 79.9. The van der Waals surface area contributed by atoms with Crippen molar-refractivity contribution < 1.29 is 0 Å². The highest BCUT2D eigenvalue weighted by Gasteiger charge is 2.20. The Balaban J connectivity index is 2.46. The highest BCUT2D eigenvalue weighted by Crippen LogP contribution is 2.30. The van der Waals surface area contributed by atoms with Crippen molar-refractivity contribution >= 4 is 21.7 Å². The summed E-state index contributed by atoms with van der Waals surface area (Å²) in [5, 5.41) is 4.56. The summed E-state index contributed by atoms with van der Waals surface area (Å²) in [4.78, 5) is 8.29. The molecular formula is C13H18BrN5. The Morgan fingerprint density at radius 1 is 1.32 bits per heavy atom. The van der Waals surface area contributed by atoms with Gasteiger partial charge >= 0.3 is 0 Å². The molecular weight excluding hydrogens is 306 g/mol. The maximum atomic E-state index is 6.10. The van der Waals surface area contributed by atoms with E-state index in [1.807, 2.05) is 13.0 Å². The van der Waals surface area contributed by atoms with Crippen LogP contribution in [0.5, 0.6) is 0 Å². The van der Waals surface area contributed by atoms with Crippen molar-refractivity contribution in [1.82, 2.24) is 19.7 Å². The van der Waals surface area contributed by atoms with Crippen molar-refractivity contribution in [2.24, 2.45) is 5.41 Å². The number of nitrogen functional groups attached to an aromatic ring is 1. The molecule has 102 valence electrons. The van der Waals surface area contributed by atoms with Crippen LogP contribution in [-0.4, -0.2) is 19.7 Å². The zero-order valence-corrected chi connectivity index (χ0v) is 13.2. The fourth-order valence-corrected chi connectivity index (χ4v) is 2.19. The minimum atomic E-state index is 0.149. The van der Waals surface area contributed by atoms with Gasteiger partial charge in [-0.05, 0) is 34.7 Å². The summed E-state index contributed by atoms with van der Waals surface area (Å²) in [5.41, 5.74) is 8.07. The third kappa shape index (κ3) is 3.12. The molecule has 2 rings (SSSR count). The normalized spacial score (nSPS) is 11.8. The molecule has 0 atom stereocenters. The molecule has 0 fully saturated rings. The van der Waals surface area contributed by atoms with Crippen LogP contribution < -0.4 is 5.73 Å². The second-order valence-corrected chi connectivity index (χ2v) is 6.61. The third-order valence-corrected chi connectivity index (χ3v) is 3.50. The van der Waals surface area contributed by atoms with Crippen LogP contribution in [0.3, 0.4) is 0 Å². The predicted molar refractivity (Wildman–Crippen MR) is 79.2 cm³/mol. The fourth-order valence-electron chi connectivity index (χ4n) is 1.81. The van der Waals surface area contributed by atoms with Crippen LogP contribution >= 0.6 is 15.9 Å². The minimum Gasteiger partial charge on any atom is -0.383 e. The first kappa shape index (κ1) is 14.0. The summed E-state index contributed by atoms with van der Waals surface area (Å²) in [6.45, 7) is 8.42. The molecule has 0 spiro atoms. The lowest BCUT2D eigenvalue weighted by molar-refractivity contribution is 0.404. The summed E-state index contributed by atoms with van der Waals surface area (Å²) >= 11 is 3.52. The Morgan fingerprint density at radius 3 is 2.58 bits per heavy atom. The Bertz CT molecular complexity index is 598. The number of hydrogen-bond acceptors (Lipinski definition) is 4. The summed E-state index contributed by atoms with van der Waals surface area (Å²) in [6, 6.07) is 1.86. The van der Waals surface area contributed by atoms with Gasteiger partial charge in [-0.1, -0.05) is 20.8 Å². The average molecular weight is 324 g/mol. The molecule has 6 heteroatoms. The van der Waals surface area contributed by atoms with Gasteiger partial charge in [0.2, 0.25) is 0 Å².